The molecule has 0 bridgehead atoms. The van der Waals surface area contributed by atoms with Crippen LogP contribution in [0, 0.1) is 13.8 Å². The molecule has 0 aromatic heterocycles. The third-order valence-corrected chi connectivity index (χ3v) is 5.10. The summed E-state index contributed by atoms with van der Waals surface area (Å²) in [7, 11) is 0. The average Bonchev–Trinajstić information content (AvgIpc) is 2.54. The minimum atomic E-state index is -1.26. The van der Waals surface area contributed by atoms with Crippen molar-refractivity contribution in [2.75, 3.05) is 0 Å². The lowest BCUT2D eigenvalue weighted by Crippen LogP contribution is -2.22. The van der Waals surface area contributed by atoms with Crippen LogP contribution in [0.2, 0.25) is 0 Å². The molecule has 2 rings (SSSR count). The van der Waals surface area contributed by atoms with Crippen molar-refractivity contribution >= 4 is 17.7 Å². The van der Waals surface area contributed by atoms with E-state index in [2.05, 4.69) is 6.58 Å². The predicted molar refractivity (Wildman–Crippen MR) is 94.8 cm³/mol. The maximum absolute atomic E-state index is 12.7. The molecule has 0 amide bonds. The number of aromatic carboxylic acids is 2. The number of allylic oxidation sites excluding steroid dienone is 1. The molecule has 0 radical (unpaired) electrons. The van der Waals surface area contributed by atoms with Gasteiger partial charge in [-0.15, -0.1) is 6.58 Å². The molecule has 0 aliphatic heterocycles. The summed E-state index contributed by atoms with van der Waals surface area (Å²) in [5, 5.41) is 19.3. The summed E-state index contributed by atoms with van der Waals surface area (Å²) in [4.78, 5) is 36.4. The smallest absolute Gasteiger partial charge is 0.336 e. The van der Waals surface area contributed by atoms with Crippen molar-refractivity contribution in [3.05, 3.63) is 46.0 Å². The van der Waals surface area contributed by atoms with E-state index in [0.717, 1.165) is 32.1 Å². The lowest BCUT2D eigenvalue weighted by Gasteiger charge is -2.28. The molecular formula is C20H24O5. The number of carbonyl (C=O) groups excluding carboxylic acids is 1. The monoisotopic (exact) mass is 344 g/mol. The molecule has 1 aliphatic rings. The van der Waals surface area contributed by atoms with Gasteiger partial charge in [0.15, 0.2) is 5.78 Å². The van der Waals surface area contributed by atoms with Crippen LogP contribution in [0.15, 0.2) is 12.7 Å². The van der Waals surface area contributed by atoms with E-state index in [1.54, 1.807) is 6.92 Å². The van der Waals surface area contributed by atoms with E-state index < -0.39 is 11.9 Å². The summed E-state index contributed by atoms with van der Waals surface area (Å²) in [6, 6.07) is 0. The van der Waals surface area contributed by atoms with E-state index in [-0.39, 0.29) is 40.4 Å². The summed E-state index contributed by atoms with van der Waals surface area (Å²) < 4.78 is 0. The zero-order valence-corrected chi connectivity index (χ0v) is 14.7. The van der Waals surface area contributed by atoms with Gasteiger partial charge in [0.1, 0.15) is 0 Å². The van der Waals surface area contributed by atoms with E-state index in [1.165, 1.54) is 13.0 Å². The standard InChI is InChI=1S/C20H24O5/c1-4-8-14(21)18-16(13-9-6-5-7-10-13)11(2)15(19(22)23)12(3)17(18)20(24)25/h4,13H,1,5-10H2,2-3H3,(H,22,23)(H,24,25). The van der Waals surface area contributed by atoms with E-state index in [9.17, 15) is 24.6 Å². The fourth-order valence-corrected chi connectivity index (χ4v) is 4.06. The van der Waals surface area contributed by atoms with Gasteiger partial charge in [-0.05, 0) is 49.3 Å². The Kier molecular flexibility index (Phi) is 5.77. The van der Waals surface area contributed by atoms with Crippen molar-refractivity contribution in [1.82, 2.24) is 0 Å². The molecular weight excluding hydrogens is 320 g/mol. The number of hydrogen-bond acceptors (Lipinski definition) is 3. The lowest BCUT2D eigenvalue weighted by atomic mass is 9.75. The number of carboxylic acids is 2. The summed E-state index contributed by atoms with van der Waals surface area (Å²) in [5.74, 6) is -2.70. The second-order valence-corrected chi connectivity index (χ2v) is 6.65. The molecule has 1 aromatic rings. The summed E-state index contributed by atoms with van der Waals surface area (Å²) in [5.41, 5.74) is 1.30. The second-order valence-electron chi connectivity index (χ2n) is 6.65. The molecule has 1 fully saturated rings. The normalized spacial score (nSPS) is 15.0. The van der Waals surface area contributed by atoms with Crippen molar-refractivity contribution < 1.29 is 24.6 Å². The number of carbonyl (C=O) groups is 3. The molecule has 2 N–H and O–H groups in total. The van der Waals surface area contributed by atoms with E-state index in [4.69, 9.17) is 0 Å². The highest BCUT2D eigenvalue weighted by Crippen LogP contribution is 2.40. The number of benzene rings is 1. The summed E-state index contributed by atoms with van der Waals surface area (Å²) >= 11 is 0. The molecule has 0 spiro atoms. The van der Waals surface area contributed by atoms with Crippen LogP contribution in [0.3, 0.4) is 0 Å². The minimum absolute atomic E-state index is 0.00752. The molecule has 0 atom stereocenters. The van der Waals surface area contributed by atoms with Crippen LogP contribution in [0.25, 0.3) is 0 Å². The van der Waals surface area contributed by atoms with Gasteiger partial charge >= 0.3 is 11.9 Å². The lowest BCUT2D eigenvalue weighted by molar-refractivity contribution is 0.0690. The van der Waals surface area contributed by atoms with Crippen molar-refractivity contribution in [3.63, 3.8) is 0 Å². The van der Waals surface area contributed by atoms with Crippen molar-refractivity contribution in [2.24, 2.45) is 0 Å². The highest BCUT2D eigenvalue weighted by molar-refractivity contribution is 6.11. The third kappa shape index (κ3) is 3.50. The number of Topliss-reactive ketones (excluding diaryl/α,β-unsaturated/α-hetero) is 1. The van der Waals surface area contributed by atoms with Gasteiger partial charge in [0, 0.05) is 12.0 Å². The SMILES string of the molecule is C=CCC(=O)c1c(C(=O)O)c(C)c(C(=O)O)c(C)c1C1CCCCC1. The zero-order chi connectivity index (χ0) is 18.7. The number of rotatable bonds is 6. The second kappa shape index (κ2) is 7.64. The van der Waals surface area contributed by atoms with Gasteiger partial charge in [-0.2, -0.15) is 0 Å². The summed E-state index contributed by atoms with van der Waals surface area (Å²) in [6.45, 7) is 6.73. The molecule has 1 aliphatic carbocycles. The van der Waals surface area contributed by atoms with Crippen LogP contribution in [0.4, 0.5) is 0 Å². The van der Waals surface area contributed by atoms with Crippen LogP contribution in [0.5, 0.6) is 0 Å². The van der Waals surface area contributed by atoms with Gasteiger partial charge in [-0.25, -0.2) is 9.59 Å². The van der Waals surface area contributed by atoms with E-state index in [0.29, 0.717) is 11.1 Å². The van der Waals surface area contributed by atoms with Crippen LogP contribution in [-0.4, -0.2) is 27.9 Å². The Morgan fingerprint density at radius 3 is 2.00 bits per heavy atom. The first-order valence-corrected chi connectivity index (χ1v) is 8.58. The van der Waals surface area contributed by atoms with Crippen LogP contribution >= 0.6 is 0 Å². The third-order valence-electron chi connectivity index (χ3n) is 5.10. The molecule has 0 saturated heterocycles. The Hall–Kier alpha value is -2.43. The van der Waals surface area contributed by atoms with E-state index in [1.807, 2.05) is 0 Å². The van der Waals surface area contributed by atoms with Gasteiger partial charge in [-0.1, -0.05) is 25.3 Å². The zero-order valence-electron chi connectivity index (χ0n) is 14.7. The van der Waals surface area contributed by atoms with Crippen molar-refractivity contribution in [2.45, 2.75) is 58.3 Å². The topological polar surface area (TPSA) is 91.7 Å². The molecule has 5 heteroatoms. The first-order valence-electron chi connectivity index (χ1n) is 8.58. The van der Waals surface area contributed by atoms with Crippen LogP contribution < -0.4 is 0 Å². The molecule has 1 aromatic carbocycles. The van der Waals surface area contributed by atoms with Crippen molar-refractivity contribution in [1.29, 1.82) is 0 Å². The molecule has 134 valence electrons. The number of hydrogen-bond donors (Lipinski definition) is 2. The molecule has 5 nitrogen and oxygen atoms in total. The quantitative estimate of drug-likeness (QED) is 0.585. The summed E-state index contributed by atoms with van der Waals surface area (Å²) in [6.07, 6.45) is 6.27. The Morgan fingerprint density at radius 1 is 0.960 bits per heavy atom. The van der Waals surface area contributed by atoms with Crippen molar-refractivity contribution in [3.8, 4) is 0 Å². The first-order chi connectivity index (χ1) is 11.8. The Balaban J connectivity index is 2.88. The first kappa shape index (κ1) is 18.9. The predicted octanol–water partition coefficient (Wildman–Crippen LogP) is 4.51. The fraction of sp³-hybridized carbons (Fsp3) is 0.450. The maximum atomic E-state index is 12.7. The Labute approximate surface area is 147 Å². The fourth-order valence-electron chi connectivity index (χ4n) is 4.06. The van der Waals surface area contributed by atoms with Crippen LogP contribution in [0.1, 0.15) is 92.2 Å². The minimum Gasteiger partial charge on any atom is -0.478 e. The average molecular weight is 344 g/mol. The van der Waals surface area contributed by atoms with Gasteiger partial charge in [0.25, 0.3) is 0 Å². The van der Waals surface area contributed by atoms with Gasteiger partial charge in [0.05, 0.1) is 11.1 Å². The molecule has 0 heterocycles. The maximum Gasteiger partial charge on any atom is 0.336 e. The van der Waals surface area contributed by atoms with Gasteiger partial charge in [0.2, 0.25) is 0 Å². The Bertz CT molecular complexity index is 739. The molecule has 1 saturated carbocycles. The highest BCUT2D eigenvalue weighted by atomic mass is 16.4. The van der Waals surface area contributed by atoms with E-state index >= 15 is 0 Å². The number of ketones is 1. The Morgan fingerprint density at radius 2 is 1.52 bits per heavy atom. The number of carboxylic acid groups (broad SMARTS) is 2. The van der Waals surface area contributed by atoms with Gasteiger partial charge < -0.3 is 10.2 Å². The molecule has 25 heavy (non-hydrogen) atoms. The largest absolute Gasteiger partial charge is 0.478 e. The van der Waals surface area contributed by atoms with Gasteiger partial charge in [-0.3, -0.25) is 4.79 Å². The molecule has 0 unspecified atom stereocenters. The van der Waals surface area contributed by atoms with Crippen LogP contribution in [-0.2, 0) is 0 Å². The highest BCUT2D eigenvalue weighted by Gasteiger charge is 2.32.